The minimum absolute atomic E-state index is 0.00875. The van der Waals surface area contributed by atoms with Crippen LogP contribution in [0.5, 0.6) is 0 Å². The third-order valence-electron chi connectivity index (χ3n) is 9.62. The molecule has 334 valence electrons. The van der Waals surface area contributed by atoms with Crippen molar-refractivity contribution < 1.29 is 32.7 Å². The van der Waals surface area contributed by atoms with Crippen molar-refractivity contribution >= 4 is 43.6 Å². The molecule has 64 heavy (non-hydrogen) atoms. The molecule has 0 aliphatic carbocycles. The van der Waals surface area contributed by atoms with Gasteiger partial charge in [0.25, 0.3) is 22.9 Å². The molecule has 15 nitrogen and oxygen atoms in total. The normalized spacial score (nSPS) is 12.7. The zero-order valence-electron chi connectivity index (χ0n) is 34.7. The third-order valence-corrected chi connectivity index (χ3v) is 12.8. The van der Waals surface area contributed by atoms with Crippen molar-refractivity contribution in [2.75, 3.05) is 36.6 Å². The van der Waals surface area contributed by atoms with Crippen LogP contribution in [0.4, 0.5) is 0 Å². The highest BCUT2D eigenvalue weighted by Crippen LogP contribution is 2.28. The molecular formula is C46H47N4O11PS2. The fourth-order valence-corrected chi connectivity index (χ4v) is 9.23. The Morgan fingerprint density at radius 2 is 0.875 bits per heavy atom. The first-order chi connectivity index (χ1) is 31.2. The second kappa shape index (κ2) is 25.0. The number of carbonyl (C=O) groups is 2. The first kappa shape index (κ1) is 47.8. The fourth-order valence-electron chi connectivity index (χ4n) is 6.45. The van der Waals surface area contributed by atoms with Crippen LogP contribution < -0.4 is 22.5 Å². The SMILES string of the molecule is O=C(c1ccccc1)n1c(=O)ccn(CC(COCc2ccccc2)CSCO[PH](=O)OCSCC(COCc2ccccc2)Cn2ccc(=O)n(C(=O)c3ccccc3)c2=O)c1=O. The summed E-state index contributed by atoms with van der Waals surface area (Å²) in [4.78, 5) is 78.6. The Morgan fingerprint density at radius 3 is 1.25 bits per heavy atom. The van der Waals surface area contributed by atoms with E-state index in [1.807, 2.05) is 60.7 Å². The average Bonchev–Trinajstić information content (AvgIpc) is 3.32. The maximum Gasteiger partial charge on any atom is 0.338 e. The molecule has 2 atom stereocenters. The average molecular weight is 927 g/mol. The molecule has 6 rings (SSSR count). The van der Waals surface area contributed by atoms with E-state index in [1.165, 1.54) is 81.4 Å². The van der Waals surface area contributed by atoms with Gasteiger partial charge in [-0.25, -0.2) is 9.59 Å². The number of hydrogen-bond acceptors (Lipinski definition) is 13. The lowest BCUT2D eigenvalue weighted by Crippen LogP contribution is -2.44. The van der Waals surface area contributed by atoms with Gasteiger partial charge in [-0.15, -0.1) is 23.5 Å². The van der Waals surface area contributed by atoms with Gasteiger partial charge >= 0.3 is 19.6 Å². The molecule has 0 spiro atoms. The molecule has 0 radical (unpaired) electrons. The molecule has 0 bridgehead atoms. The van der Waals surface area contributed by atoms with Crippen LogP contribution in [0.25, 0.3) is 0 Å². The van der Waals surface area contributed by atoms with Gasteiger partial charge in [-0.3, -0.25) is 41.9 Å². The first-order valence-electron chi connectivity index (χ1n) is 20.2. The molecule has 0 aliphatic heterocycles. The van der Waals surface area contributed by atoms with Gasteiger partial charge in [-0.2, -0.15) is 9.13 Å². The van der Waals surface area contributed by atoms with E-state index in [0.717, 1.165) is 11.1 Å². The van der Waals surface area contributed by atoms with Gasteiger partial charge < -0.3 is 9.47 Å². The van der Waals surface area contributed by atoms with Gasteiger partial charge in [0.1, 0.15) is 11.9 Å². The molecular weight excluding hydrogens is 880 g/mol. The lowest BCUT2D eigenvalue weighted by atomic mass is 10.2. The van der Waals surface area contributed by atoms with E-state index < -0.39 is 42.6 Å². The second-order valence-corrected chi connectivity index (χ2v) is 17.5. The number of hydrogen-bond donors (Lipinski definition) is 0. The van der Waals surface area contributed by atoms with Crippen LogP contribution in [0, 0.1) is 11.8 Å². The molecule has 2 aromatic heterocycles. The summed E-state index contributed by atoms with van der Waals surface area (Å²) < 4.78 is 39.7. The van der Waals surface area contributed by atoms with E-state index in [4.69, 9.17) is 18.5 Å². The molecule has 18 heteroatoms. The number of benzene rings is 4. The van der Waals surface area contributed by atoms with Crippen LogP contribution in [-0.4, -0.2) is 66.7 Å². The number of ether oxygens (including phenoxy) is 2. The highest BCUT2D eigenvalue weighted by atomic mass is 32.2. The van der Waals surface area contributed by atoms with Gasteiger partial charge in [-0.05, 0) is 35.4 Å². The van der Waals surface area contributed by atoms with Crippen molar-refractivity contribution in [2.45, 2.75) is 26.3 Å². The number of carbonyl (C=O) groups excluding carboxylic acids is 2. The van der Waals surface area contributed by atoms with E-state index in [-0.39, 0.29) is 61.1 Å². The largest absolute Gasteiger partial charge is 0.376 e. The van der Waals surface area contributed by atoms with Crippen LogP contribution >= 0.6 is 31.8 Å². The van der Waals surface area contributed by atoms with Gasteiger partial charge in [0, 0.05) is 72.1 Å². The predicted octanol–water partition coefficient (Wildman–Crippen LogP) is 5.88. The second-order valence-electron chi connectivity index (χ2n) is 14.4. The van der Waals surface area contributed by atoms with Crippen molar-refractivity contribution in [2.24, 2.45) is 11.8 Å². The van der Waals surface area contributed by atoms with Gasteiger partial charge in [0.2, 0.25) is 0 Å². The van der Waals surface area contributed by atoms with Crippen molar-refractivity contribution in [1.29, 1.82) is 0 Å². The molecule has 4 aromatic carbocycles. The van der Waals surface area contributed by atoms with Gasteiger partial charge in [0.15, 0.2) is 0 Å². The zero-order valence-corrected chi connectivity index (χ0v) is 37.3. The summed E-state index contributed by atoms with van der Waals surface area (Å²) in [6.45, 7) is 1.37. The quantitative estimate of drug-likeness (QED) is 0.0400. The lowest BCUT2D eigenvalue weighted by molar-refractivity contribution is 0.0868. The Morgan fingerprint density at radius 1 is 0.516 bits per heavy atom. The van der Waals surface area contributed by atoms with Crippen LogP contribution in [-0.2, 0) is 49.4 Å². The standard InChI is InChI=1S/C46H47N4O11PS2/c51-41-21-23-47(45(55)49(41)43(53)39-17-9-3-10-18-39)25-37(29-58-27-35-13-5-1-6-14-35)31-63-33-60-62(57)61-34-64-32-38(30-59-28-36-15-7-2-8-16-36)26-48-24-22-42(52)50(46(48)56)44(54)40-19-11-4-12-20-40/h1-24,37-38,62H,25-34H2. The van der Waals surface area contributed by atoms with E-state index in [0.29, 0.717) is 33.9 Å². The van der Waals surface area contributed by atoms with Crippen LogP contribution in [0.15, 0.2) is 165 Å². The molecule has 0 fully saturated rings. The number of thioether (sulfide) groups is 2. The monoisotopic (exact) mass is 926 g/mol. The Labute approximate surface area is 377 Å². The Hall–Kier alpha value is -5.65. The molecule has 2 unspecified atom stereocenters. The molecule has 0 saturated carbocycles. The minimum atomic E-state index is -2.93. The Bertz CT molecular complexity index is 2510. The van der Waals surface area contributed by atoms with Crippen molar-refractivity contribution in [3.05, 3.63) is 210 Å². The van der Waals surface area contributed by atoms with Crippen LogP contribution in [0.1, 0.15) is 31.8 Å². The van der Waals surface area contributed by atoms with Crippen LogP contribution in [0.3, 0.4) is 0 Å². The zero-order chi connectivity index (χ0) is 45.1. The summed E-state index contributed by atoms with van der Waals surface area (Å²) in [6.07, 6.45) is 2.72. The van der Waals surface area contributed by atoms with Gasteiger partial charge in [-0.1, -0.05) is 97.1 Å². The summed E-state index contributed by atoms with van der Waals surface area (Å²) in [6, 6.07) is 37.7. The minimum Gasteiger partial charge on any atom is -0.376 e. The Kier molecular flexibility index (Phi) is 18.7. The molecule has 0 saturated heterocycles. The van der Waals surface area contributed by atoms with Crippen molar-refractivity contribution in [1.82, 2.24) is 18.3 Å². The maximum atomic E-state index is 13.5. The lowest BCUT2D eigenvalue weighted by Gasteiger charge is -2.19. The van der Waals surface area contributed by atoms with Crippen LogP contribution in [0.2, 0.25) is 0 Å². The van der Waals surface area contributed by atoms with E-state index in [9.17, 15) is 33.3 Å². The van der Waals surface area contributed by atoms with Crippen molar-refractivity contribution in [3.63, 3.8) is 0 Å². The first-order valence-corrected chi connectivity index (χ1v) is 23.7. The van der Waals surface area contributed by atoms with Crippen molar-refractivity contribution in [3.8, 4) is 0 Å². The van der Waals surface area contributed by atoms with E-state index in [1.54, 1.807) is 36.4 Å². The molecule has 6 aromatic rings. The smallest absolute Gasteiger partial charge is 0.338 e. The summed E-state index contributed by atoms with van der Waals surface area (Å²) >= 11 is 2.63. The molecule has 0 aliphatic rings. The Balaban J connectivity index is 1.02. The summed E-state index contributed by atoms with van der Waals surface area (Å²) in [5.74, 6) is -1.18. The number of aromatic nitrogens is 4. The topological polar surface area (TPSA) is 176 Å². The third kappa shape index (κ3) is 14.2. The number of nitrogens with zero attached hydrogens (tertiary/aromatic N) is 4. The van der Waals surface area contributed by atoms with E-state index in [2.05, 4.69) is 0 Å². The van der Waals surface area contributed by atoms with E-state index >= 15 is 0 Å². The molecule has 2 heterocycles. The summed E-state index contributed by atoms with van der Waals surface area (Å²) in [5.41, 5.74) is -0.683. The highest BCUT2D eigenvalue weighted by Gasteiger charge is 2.20. The fraction of sp³-hybridized carbons (Fsp3) is 0.261. The van der Waals surface area contributed by atoms with Gasteiger partial charge in [0.05, 0.1) is 26.4 Å². The summed E-state index contributed by atoms with van der Waals surface area (Å²) in [5, 5.41) is 0. The number of rotatable bonds is 24. The summed E-state index contributed by atoms with van der Waals surface area (Å²) in [7, 11) is -2.93. The highest BCUT2D eigenvalue weighted by molar-refractivity contribution is 7.99. The molecule has 0 amide bonds. The predicted molar refractivity (Wildman–Crippen MR) is 247 cm³/mol. The maximum absolute atomic E-state index is 13.5. The molecule has 0 N–H and O–H groups in total.